The van der Waals surface area contributed by atoms with E-state index in [2.05, 4.69) is 35.1 Å². The number of aromatic nitrogens is 1. The largest absolute Gasteiger partial charge is 0.313 e. The third-order valence-corrected chi connectivity index (χ3v) is 3.93. The predicted octanol–water partition coefficient (Wildman–Crippen LogP) is 2.61. The van der Waals surface area contributed by atoms with Crippen LogP contribution in [0, 0.1) is 0 Å². The minimum Gasteiger partial charge on any atom is -0.313 e. The van der Waals surface area contributed by atoms with Crippen molar-refractivity contribution in [1.82, 2.24) is 15.2 Å². The fourth-order valence-corrected chi connectivity index (χ4v) is 2.86. The van der Waals surface area contributed by atoms with Crippen molar-refractivity contribution in [3.05, 3.63) is 29.6 Å². The monoisotopic (exact) mass is 261 g/mol. The van der Waals surface area contributed by atoms with E-state index in [1.165, 1.54) is 43.6 Å². The molecule has 1 aliphatic heterocycles. The number of hydrogen-bond donors (Lipinski definition) is 1. The smallest absolute Gasteiger partial charge is 0.0575 e. The van der Waals surface area contributed by atoms with Crippen LogP contribution in [0.1, 0.15) is 44.4 Å². The normalized spacial score (nSPS) is 20.6. The molecule has 1 aliphatic rings. The molecule has 1 saturated heterocycles. The Morgan fingerprint density at radius 1 is 1.42 bits per heavy atom. The predicted molar refractivity (Wildman–Crippen MR) is 80.2 cm³/mol. The van der Waals surface area contributed by atoms with Crippen molar-refractivity contribution >= 4 is 0 Å². The summed E-state index contributed by atoms with van der Waals surface area (Å²) in [5.41, 5.74) is 2.66. The molecule has 0 spiro atoms. The van der Waals surface area contributed by atoms with Crippen molar-refractivity contribution in [2.75, 3.05) is 19.6 Å². The van der Waals surface area contributed by atoms with Crippen LogP contribution in [-0.4, -0.2) is 35.6 Å². The Labute approximate surface area is 117 Å². The maximum absolute atomic E-state index is 4.57. The first-order valence-electron chi connectivity index (χ1n) is 7.72. The van der Waals surface area contributed by atoms with Gasteiger partial charge in [0.15, 0.2) is 0 Å². The molecule has 1 fully saturated rings. The van der Waals surface area contributed by atoms with E-state index in [1.807, 2.05) is 12.3 Å². The molecule has 2 heterocycles. The molecule has 0 amide bonds. The molecule has 3 heteroatoms. The second kappa shape index (κ2) is 7.61. The van der Waals surface area contributed by atoms with Gasteiger partial charge in [-0.15, -0.1) is 0 Å². The van der Waals surface area contributed by atoms with E-state index in [0.29, 0.717) is 6.04 Å². The fourth-order valence-electron chi connectivity index (χ4n) is 2.86. The van der Waals surface area contributed by atoms with Gasteiger partial charge in [0.1, 0.15) is 0 Å². The van der Waals surface area contributed by atoms with E-state index >= 15 is 0 Å². The first-order chi connectivity index (χ1) is 9.33. The van der Waals surface area contributed by atoms with Gasteiger partial charge in [0.25, 0.3) is 0 Å². The van der Waals surface area contributed by atoms with Crippen LogP contribution in [0.4, 0.5) is 0 Å². The van der Waals surface area contributed by atoms with E-state index in [1.54, 1.807) is 0 Å². The Kier molecular flexibility index (Phi) is 5.80. The first kappa shape index (κ1) is 14.5. The lowest BCUT2D eigenvalue weighted by Crippen LogP contribution is -2.45. The molecule has 106 valence electrons. The third kappa shape index (κ3) is 4.29. The van der Waals surface area contributed by atoms with Gasteiger partial charge in [0.2, 0.25) is 0 Å². The number of rotatable bonds is 6. The summed E-state index contributed by atoms with van der Waals surface area (Å²) < 4.78 is 0. The van der Waals surface area contributed by atoms with Gasteiger partial charge in [-0.3, -0.25) is 9.88 Å². The molecule has 1 unspecified atom stereocenters. The molecule has 1 aromatic heterocycles. The first-order valence-corrected chi connectivity index (χ1v) is 7.72. The summed E-state index contributed by atoms with van der Waals surface area (Å²) in [6.07, 6.45) is 6.84. The SMILES string of the molecule is CCCNC1CCCN(Cc2ncccc2CC)C1. The van der Waals surface area contributed by atoms with Crippen LogP contribution in [0.25, 0.3) is 0 Å². The number of likely N-dealkylation sites (tertiary alicyclic amines) is 1. The number of nitrogens with zero attached hydrogens (tertiary/aromatic N) is 2. The molecule has 0 aromatic carbocycles. The Hall–Kier alpha value is -0.930. The quantitative estimate of drug-likeness (QED) is 0.853. The average Bonchev–Trinajstić information content (AvgIpc) is 2.46. The molecule has 0 saturated carbocycles. The van der Waals surface area contributed by atoms with Crippen molar-refractivity contribution in [3.63, 3.8) is 0 Å². The number of hydrogen-bond acceptors (Lipinski definition) is 3. The topological polar surface area (TPSA) is 28.2 Å². The Morgan fingerprint density at radius 2 is 2.32 bits per heavy atom. The van der Waals surface area contributed by atoms with Gasteiger partial charge in [-0.05, 0) is 50.4 Å². The van der Waals surface area contributed by atoms with Crippen LogP contribution in [-0.2, 0) is 13.0 Å². The highest BCUT2D eigenvalue weighted by Crippen LogP contribution is 2.15. The van der Waals surface area contributed by atoms with Crippen molar-refractivity contribution in [3.8, 4) is 0 Å². The third-order valence-electron chi connectivity index (χ3n) is 3.93. The van der Waals surface area contributed by atoms with Gasteiger partial charge in [0.05, 0.1) is 5.69 Å². The highest BCUT2D eigenvalue weighted by molar-refractivity contribution is 5.19. The number of pyridine rings is 1. The molecule has 1 N–H and O–H groups in total. The number of nitrogens with one attached hydrogen (secondary N) is 1. The minimum absolute atomic E-state index is 0.669. The zero-order valence-corrected chi connectivity index (χ0v) is 12.4. The van der Waals surface area contributed by atoms with Crippen LogP contribution in [0.2, 0.25) is 0 Å². The van der Waals surface area contributed by atoms with Crippen LogP contribution in [0.15, 0.2) is 18.3 Å². The van der Waals surface area contributed by atoms with Gasteiger partial charge in [0, 0.05) is 25.3 Å². The van der Waals surface area contributed by atoms with Gasteiger partial charge >= 0.3 is 0 Å². The van der Waals surface area contributed by atoms with Crippen LogP contribution in [0.5, 0.6) is 0 Å². The zero-order valence-electron chi connectivity index (χ0n) is 12.4. The molecule has 3 nitrogen and oxygen atoms in total. The maximum atomic E-state index is 4.57. The molecule has 19 heavy (non-hydrogen) atoms. The van der Waals surface area contributed by atoms with Gasteiger partial charge < -0.3 is 5.32 Å². The second-order valence-electron chi connectivity index (χ2n) is 5.49. The lowest BCUT2D eigenvalue weighted by Gasteiger charge is -2.33. The van der Waals surface area contributed by atoms with Gasteiger partial charge in [-0.2, -0.15) is 0 Å². The Bertz CT molecular complexity index is 378. The summed E-state index contributed by atoms with van der Waals surface area (Å²) >= 11 is 0. The van der Waals surface area contributed by atoms with Crippen molar-refractivity contribution in [1.29, 1.82) is 0 Å². The van der Waals surface area contributed by atoms with Crippen molar-refractivity contribution in [2.24, 2.45) is 0 Å². The van der Waals surface area contributed by atoms with E-state index in [-0.39, 0.29) is 0 Å². The molecule has 2 rings (SSSR count). The summed E-state index contributed by atoms with van der Waals surface area (Å²) in [5, 5.41) is 3.65. The lowest BCUT2D eigenvalue weighted by molar-refractivity contribution is 0.181. The molecule has 0 radical (unpaired) electrons. The van der Waals surface area contributed by atoms with E-state index < -0.39 is 0 Å². The zero-order chi connectivity index (χ0) is 13.5. The highest BCUT2D eigenvalue weighted by atomic mass is 15.2. The van der Waals surface area contributed by atoms with Crippen LogP contribution >= 0.6 is 0 Å². The van der Waals surface area contributed by atoms with Crippen molar-refractivity contribution < 1.29 is 0 Å². The molecule has 0 bridgehead atoms. The molecule has 1 aromatic rings. The van der Waals surface area contributed by atoms with Crippen LogP contribution < -0.4 is 5.32 Å². The number of aryl methyl sites for hydroxylation is 1. The standard InChI is InChI=1S/C16H27N3/c1-3-9-17-15-8-6-11-19(12-15)13-16-14(4-2)7-5-10-18-16/h5,7,10,15,17H,3-4,6,8-9,11-13H2,1-2H3. The van der Waals surface area contributed by atoms with E-state index in [0.717, 1.165) is 19.5 Å². The molecule has 1 atom stereocenters. The van der Waals surface area contributed by atoms with E-state index in [9.17, 15) is 0 Å². The van der Waals surface area contributed by atoms with Gasteiger partial charge in [-0.25, -0.2) is 0 Å². The Balaban J connectivity index is 1.91. The van der Waals surface area contributed by atoms with E-state index in [4.69, 9.17) is 0 Å². The van der Waals surface area contributed by atoms with Crippen LogP contribution in [0.3, 0.4) is 0 Å². The highest BCUT2D eigenvalue weighted by Gasteiger charge is 2.20. The average molecular weight is 261 g/mol. The number of piperidine rings is 1. The fraction of sp³-hybridized carbons (Fsp3) is 0.688. The lowest BCUT2D eigenvalue weighted by atomic mass is 10.0. The Morgan fingerprint density at radius 3 is 3.11 bits per heavy atom. The molecular formula is C16H27N3. The molecule has 0 aliphatic carbocycles. The minimum atomic E-state index is 0.669. The summed E-state index contributed by atoms with van der Waals surface area (Å²) in [4.78, 5) is 7.12. The molecular weight excluding hydrogens is 234 g/mol. The summed E-state index contributed by atoms with van der Waals surface area (Å²) in [6.45, 7) is 8.97. The summed E-state index contributed by atoms with van der Waals surface area (Å²) in [6, 6.07) is 4.92. The summed E-state index contributed by atoms with van der Waals surface area (Å²) in [5.74, 6) is 0. The van der Waals surface area contributed by atoms with Crippen molar-refractivity contribution in [2.45, 2.75) is 52.1 Å². The summed E-state index contributed by atoms with van der Waals surface area (Å²) in [7, 11) is 0. The second-order valence-corrected chi connectivity index (χ2v) is 5.49. The van der Waals surface area contributed by atoms with Gasteiger partial charge in [-0.1, -0.05) is 19.9 Å². The maximum Gasteiger partial charge on any atom is 0.0575 e.